The largest absolute Gasteiger partial charge is 0.491 e. The third-order valence-electron chi connectivity index (χ3n) is 15.1. The molecule has 1 aliphatic heterocycles. The summed E-state index contributed by atoms with van der Waals surface area (Å²) >= 11 is 0. The number of pyridine rings is 4. The minimum atomic E-state index is 0.207. The quantitative estimate of drug-likeness (QED) is 0.0199. The molecule has 23 N–H and O–H groups in total. The lowest BCUT2D eigenvalue weighted by atomic mass is 10.1. The molecular weight excluding hydrogens is 1690 g/mol. The van der Waals surface area contributed by atoms with E-state index in [0.717, 1.165) is 218 Å². The summed E-state index contributed by atoms with van der Waals surface area (Å²) in [7, 11) is 2.03. The van der Waals surface area contributed by atoms with Crippen LogP contribution in [-0.2, 0) is 58.7 Å². The Bertz CT molecular complexity index is 3970. The Kier molecular flexibility index (Phi) is 92.0. The highest BCUT2D eigenvalue weighted by Gasteiger charge is 2.09. The topological polar surface area (TPSA) is 467 Å². The lowest BCUT2D eigenvalue weighted by Gasteiger charge is -2.20. The van der Waals surface area contributed by atoms with Crippen LogP contribution in [0.5, 0.6) is 5.75 Å². The minimum absolute atomic E-state index is 0.207. The van der Waals surface area contributed by atoms with Gasteiger partial charge in [-0.05, 0) is 236 Å². The molecule has 136 heavy (non-hydrogen) atoms. The number of aromatic nitrogens is 16. The molecule has 0 atom stereocenters. The first-order chi connectivity index (χ1) is 64.5. The molecule has 11 aromatic rings. The molecule has 772 valence electrons. The Morgan fingerprint density at radius 2 is 0.978 bits per heavy atom. The fourth-order valence-electron chi connectivity index (χ4n) is 9.25. The number of aliphatic imine (C=N–C) groups is 1. The summed E-state index contributed by atoms with van der Waals surface area (Å²) in [5.41, 5.74) is 54.8. The van der Waals surface area contributed by atoms with Crippen LogP contribution >= 0.6 is 0 Å². The summed E-state index contributed by atoms with van der Waals surface area (Å²) in [6.45, 7) is 69.9. The van der Waals surface area contributed by atoms with Gasteiger partial charge >= 0.3 is 0 Å². The van der Waals surface area contributed by atoms with E-state index in [4.69, 9.17) is 50.6 Å². The highest BCUT2D eigenvalue weighted by Crippen LogP contribution is 2.13. The second-order valence-corrected chi connectivity index (χ2v) is 38.6. The molecule has 12 rings (SSSR count). The molecule has 0 saturated heterocycles. The Morgan fingerprint density at radius 1 is 0.456 bits per heavy atom. The smallest absolute Gasteiger partial charge is 0.137 e. The first-order valence-electron chi connectivity index (χ1n) is 49.6. The predicted molar refractivity (Wildman–Crippen MR) is 585 cm³/mol. The summed E-state index contributed by atoms with van der Waals surface area (Å²) < 4.78 is 9.27. The van der Waals surface area contributed by atoms with E-state index in [0.29, 0.717) is 37.6 Å². The van der Waals surface area contributed by atoms with Crippen molar-refractivity contribution in [3.05, 3.63) is 223 Å². The van der Waals surface area contributed by atoms with Gasteiger partial charge in [0.05, 0.1) is 42.8 Å². The molecule has 0 amide bonds. The van der Waals surface area contributed by atoms with Crippen molar-refractivity contribution >= 4 is 28.7 Å². The highest BCUT2D eigenvalue weighted by atomic mass is 16.5. The molecule has 11 heterocycles. The van der Waals surface area contributed by atoms with Gasteiger partial charge in [0, 0.05) is 156 Å². The number of nitrogens with one attached hydrogen (secondary N) is 7. The Labute approximate surface area is 825 Å². The average molecular weight is 1890 g/mol. The molecule has 10 aromatic heterocycles. The van der Waals surface area contributed by atoms with Crippen molar-refractivity contribution < 1.29 is 4.74 Å². The van der Waals surface area contributed by atoms with Crippen LogP contribution in [-0.4, -0.2) is 168 Å². The van der Waals surface area contributed by atoms with Gasteiger partial charge in [0.1, 0.15) is 41.8 Å². The molecule has 0 unspecified atom stereocenters. The van der Waals surface area contributed by atoms with Crippen LogP contribution in [0.25, 0.3) is 16.7 Å². The van der Waals surface area contributed by atoms with Gasteiger partial charge in [-0.2, -0.15) is 5.10 Å². The molecule has 0 fully saturated rings. The maximum atomic E-state index is 5.42. The molecule has 1 aromatic carbocycles. The summed E-state index contributed by atoms with van der Waals surface area (Å²) in [6, 6.07) is 23.0. The van der Waals surface area contributed by atoms with Gasteiger partial charge in [-0.1, -0.05) is 203 Å². The van der Waals surface area contributed by atoms with E-state index >= 15 is 0 Å². The monoisotopic (exact) mass is 1890 g/mol. The molecule has 1 aliphatic rings. The Hall–Kier alpha value is -9.79. The molecule has 0 radical (unpaired) electrons. The summed E-state index contributed by atoms with van der Waals surface area (Å²) in [4.78, 5) is 49.3. The molecular formula is C107H198N28O. The van der Waals surface area contributed by atoms with E-state index in [9.17, 15) is 0 Å². The van der Waals surface area contributed by atoms with E-state index in [1.807, 2.05) is 104 Å². The number of hydrogen-bond acceptors (Lipinski definition) is 23. The van der Waals surface area contributed by atoms with Gasteiger partial charge in [-0.25, -0.2) is 34.9 Å². The number of nitrogens with two attached hydrogens (primary N) is 8. The summed E-state index contributed by atoms with van der Waals surface area (Å²) in [6.07, 6.45) is 46.1. The molecule has 29 heteroatoms. The summed E-state index contributed by atoms with van der Waals surface area (Å²) in [5.74, 6) is 9.12. The zero-order chi connectivity index (χ0) is 104. The third kappa shape index (κ3) is 100. The van der Waals surface area contributed by atoms with Gasteiger partial charge in [0.15, 0.2) is 0 Å². The lowest BCUT2D eigenvalue weighted by molar-refractivity contribution is 0.327. The average Bonchev–Trinajstić information content (AvgIpc) is 1.71. The number of aryl methyl sites for hydroxylation is 6. The normalized spacial score (nSPS) is 10.6. The van der Waals surface area contributed by atoms with Crippen LogP contribution in [0.1, 0.15) is 284 Å². The molecule has 0 aliphatic carbocycles. The van der Waals surface area contributed by atoms with Crippen LogP contribution in [0, 0.1) is 41.4 Å². The number of allylic oxidation sites excluding steroid dienone is 1. The number of imidazole rings is 5. The van der Waals surface area contributed by atoms with E-state index < -0.39 is 0 Å². The van der Waals surface area contributed by atoms with Crippen molar-refractivity contribution in [3.8, 4) is 5.75 Å². The van der Waals surface area contributed by atoms with Crippen molar-refractivity contribution in [1.82, 2.24) is 94.9 Å². The van der Waals surface area contributed by atoms with E-state index in [1.54, 1.807) is 43.6 Å². The first-order valence-corrected chi connectivity index (χ1v) is 49.6. The minimum Gasteiger partial charge on any atom is -0.491 e. The molecule has 0 spiro atoms. The van der Waals surface area contributed by atoms with Crippen LogP contribution in [0.3, 0.4) is 0 Å². The molecule has 0 bridgehead atoms. The zero-order valence-electron chi connectivity index (χ0n) is 90.5. The number of nitrogen functional groups attached to an aromatic ring is 1. The third-order valence-corrected chi connectivity index (χ3v) is 15.1. The van der Waals surface area contributed by atoms with Crippen LogP contribution in [0.15, 0.2) is 183 Å². The summed E-state index contributed by atoms with van der Waals surface area (Å²) in [5, 5.41) is 16.7. The lowest BCUT2D eigenvalue weighted by Crippen LogP contribution is -2.37. The van der Waals surface area contributed by atoms with Gasteiger partial charge in [0.25, 0.3) is 0 Å². The Morgan fingerprint density at radius 3 is 1.43 bits per heavy atom. The fraction of sp³-hybridized carbons (Fsp3) is 0.598. The highest BCUT2D eigenvalue weighted by molar-refractivity contribution is 5.80. The SMILES string of the molecule is CC(C)C.CC(C)C.CC(C)C.CC(C)C.CC(C)C.CC(C)C.CC(C)C.CC(C)NCc1ccc2nc[nH]c2c1.CC(C)NCc1ccc2nccn2c1.Cn1cncc1CCNC(C)(C)C.NCCCC1=CCN=C1.NCCCc1ccc(N)nc1.NCCCc1cccnc1.NCCCc1cnc[nH]1.NCCCc1ncc[nH]1.NCCCc1ncn[nH]1.NCCOc1cccnc1. The van der Waals surface area contributed by atoms with Gasteiger partial charge in [-0.15, -0.1) is 0 Å². The van der Waals surface area contributed by atoms with E-state index in [1.165, 1.54) is 45.5 Å². The van der Waals surface area contributed by atoms with Crippen molar-refractivity contribution in [2.45, 2.75) is 308 Å². The number of fused-ring (bicyclic) bond motifs is 2. The number of hydrogen-bond donors (Lipinski definition) is 15. The van der Waals surface area contributed by atoms with Gasteiger partial charge < -0.3 is 90.5 Å². The molecule has 29 nitrogen and oxygen atoms in total. The number of H-pyrrole nitrogens is 4. The second kappa shape index (κ2) is 92.9. The standard InChI is InChI=1S/2C11H15N3.C10H19N3.C8H13N3.C8H12N2.C7H10N2O.C7H12N2.2C6H11N3.C5H10N4.7C4H10/c1-8(2)12-6-9-3-4-10-11(5-9)14-7-13-10;1-9(2)13-7-10-3-4-11-12-5-6-14(11)8-10;1-10(2,3)12-6-5-9-7-11-8-13(9)4;9-5-1-2-7-3-4-8(10)11-6-7;9-5-1-3-8-4-2-6-10-7-8;8-3-5-10-7-2-1-4-9-6-7;8-4-1-2-7-3-5-9-6-7;7-3-1-2-6-4-8-5-9-6;7-3-1-2-6-8-4-5-9-6;6-3-1-2-5-7-4-8-9-5;7*1-4(2)3/h3-5,7-8,12H,6H2,1-2H3,(H,13,14);3-6,8-9,13H,7H2,1-2H3;7-8,12H,5-6H2,1-4H3;3-4,6H,1-2,5,9H2,(H2,10,11);2,4,6-7H,1,3,5,9H2;1-2,4,6H,3,5,8H2;3,6H,1-2,4-5,8H2;2*4-5H,1-3,7H2,(H,8,9);4H,1-3,6H2,(H,7,8,9);7*4H,1-3H3. The van der Waals surface area contributed by atoms with E-state index in [-0.39, 0.29) is 5.54 Å². The number of benzene rings is 1. The number of aromatic amines is 4. The second-order valence-electron chi connectivity index (χ2n) is 38.6. The van der Waals surface area contributed by atoms with Crippen LogP contribution < -0.4 is 66.6 Å². The van der Waals surface area contributed by atoms with Crippen molar-refractivity contribution in [1.29, 1.82) is 0 Å². The van der Waals surface area contributed by atoms with Crippen molar-refractivity contribution in [2.24, 2.45) is 93.6 Å². The number of anilines is 1. The molecule has 0 saturated carbocycles. The van der Waals surface area contributed by atoms with Gasteiger partial charge in [-0.3, -0.25) is 20.1 Å². The Balaban J connectivity index is -0.000000455. The maximum Gasteiger partial charge on any atom is 0.137 e. The van der Waals surface area contributed by atoms with E-state index in [2.05, 4.69) is 326 Å². The maximum absolute atomic E-state index is 5.42. The number of ether oxygens (including phenoxy) is 1. The van der Waals surface area contributed by atoms with Gasteiger partial charge in [0.2, 0.25) is 0 Å². The van der Waals surface area contributed by atoms with Crippen molar-refractivity contribution in [3.63, 3.8) is 0 Å². The van der Waals surface area contributed by atoms with Crippen LogP contribution in [0.2, 0.25) is 0 Å². The first kappa shape index (κ1) is 135. The van der Waals surface area contributed by atoms with Crippen LogP contribution in [0.4, 0.5) is 5.82 Å². The zero-order valence-corrected chi connectivity index (χ0v) is 90.5. The predicted octanol–water partition coefficient (Wildman–Crippen LogP) is 19.9. The van der Waals surface area contributed by atoms with Crippen molar-refractivity contribution in [2.75, 3.05) is 71.2 Å². The number of nitrogens with zero attached hydrogens (tertiary/aromatic N) is 13. The fourth-order valence-corrected chi connectivity index (χ4v) is 9.25. The number of rotatable bonds is 30.